The maximum absolute atomic E-state index is 12.7. The minimum atomic E-state index is -0.0731. The third kappa shape index (κ3) is 7.21. The number of nitrogens with one attached hydrogen (secondary N) is 2. The average Bonchev–Trinajstić information content (AvgIpc) is 2.72. The van der Waals surface area contributed by atoms with Crippen LogP contribution in [-0.4, -0.2) is 36.9 Å². The summed E-state index contributed by atoms with van der Waals surface area (Å²) in [6, 6.07) is 14.0. The number of para-hydroxylation sites is 2. The highest BCUT2D eigenvalue weighted by Gasteiger charge is 2.16. The third-order valence-corrected chi connectivity index (χ3v) is 5.44. The molecule has 0 aliphatic rings. The Labute approximate surface area is 187 Å². The molecule has 0 unspecified atom stereocenters. The number of aryl methyl sites for hydroxylation is 1. The molecule has 31 heavy (non-hydrogen) atoms. The number of likely N-dealkylation sites (N-methyl/N-ethyl adjacent to an activating group) is 1. The van der Waals surface area contributed by atoms with Crippen molar-refractivity contribution in [3.8, 4) is 0 Å². The van der Waals surface area contributed by atoms with E-state index in [0.717, 1.165) is 34.5 Å². The van der Waals surface area contributed by atoms with Crippen molar-refractivity contribution in [3.05, 3.63) is 59.2 Å². The van der Waals surface area contributed by atoms with Gasteiger partial charge in [0.1, 0.15) is 0 Å². The Bertz CT molecular complexity index is 864. The largest absolute Gasteiger partial charge is 0.326 e. The highest BCUT2D eigenvalue weighted by Crippen LogP contribution is 2.32. The summed E-state index contributed by atoms with van der Waals surface area (Å²) in [6.07, 6.45) is 1.20. The van der Waals surface area contributed by atoms with Crippen LogP contribution in [0, 0.1) is 0 Å². The first-order valence-corrected chi connectivity index (χ1v) is 11.2. The minimum Gasteiger partial charge on any atom is -0.326 e. The van der Waals surface area contributed by atoms with Crippen LogP contribution in [0.3, 0.4) is 0 Å². The number of hydrogen-bond donors (Lipinski definition) is 2. The summed E-state index contributed by atoms with van der Waals surface area (Å²) >= 11 is 0. The quantitative estimate of drug-likeness (QED) is 0.538. The molecule has 2 aromatic rings. The van der Waals surface area contributed by atoms with Crippen molar-refractivity contribution in [3.63, 3.8) is 0 Å². The van der Waals surface area contributed by atoms with Gasteiger partial charge in [-0.3, -0.25) is 14.5 Å². The van der Waals surface area contributed by atoms with E-state index in [4.69, 9.17) is 0 Å². The fourth-order valence-electron chi connectivity index (χ4n) is 3.65. The molecular weight excluding hydrogens is 386 g/mol. The summed E-state index contributed by atoms with van der Waals surface area (Å²) in [4.78, 5) is 27.0. The van der Waals surface area contributed by atoms with E-state index in [1.807, 2.05) is 36.2 Å². The molecule has 0 heterocycles. The smallest absolute Gasteiger partial charge is 0.238 e. The number of carbonyl (C=O) groups excluding carboxylic acids is 2. The molecule has 0 saturated heterocycles. The van der Waals surface area contributed by atoms with Crippen molar-refractivity contribution in [2.75, 3.05) is 30.8 Å². The molecule has 2 aromatic carbocycles. The van der Waals surface area contributed by atoms with Crippen LogP contribution in [0.4, 0.5) is 11.4 Å². The standard InChI is InChI=1S/C26H37N3O2/c1-7-20-11-8-9-14-23(20)27-25(31)17-29(6)16-15-24(30)28-26-21(18(2)3)12-10-13-22(26)19(4)5/h8-14,18-19H,7,15-17H2,1-6H3,(H,27,31)(H,28,30). The van der Waals surface area contributed by atoms with E-state index in [2.05, 4.69) is 63.5 Å². The van der Waals surface area contributed by atoms with Gasteiger partial charge in [-0.2, -0.15) is 0 Å². The third-order valence-electron chi connectivity index (χ3n) is 5.44. The minimum absolute atomic E-state index is 0.0291. The number of rotatable bonds is 10. The molecule has 0 bridgehead atoms. The van der Waals surface area contributed by atoms with Gasteiger partial charge >= 0.3 is 0 Å². The Kier molecular flexibility index (Phi) is 9.25. The van der Waals surface area contributed by atoms with Crippen LogP contribution in [0.2, 0.25) is 0 Å². The molecule has 0 aliphatic heterocycles. The summed E-state index contributed by atoms with van der Waals surface area (Å²) in [5, 5.41) is 6.12. The van der Waals surface area contributed by atoms with Crippen LogP contribution in [0.25, 0.3) is 0 Å². The number of benzene rings is 2. The lowest BCUT2D eigenvalue weighted by Gasteiger charge is -2.21. The first-order chi connectivity index (χ1) is 14.7. The fourth-order valence-corrected chi connectivity index (χ4v) is 3.65. The van der Waals surface area contributed by atoms with Crippen molar-refractivity contribution >= 4 is 23.2 Å². The van der Waals surface area contributed by atoms with Gasteiger partial charge in [-0.25, -0.2) is 0 Å². The Morgan fingerprint density at radius 3 is 2.06 bits per heavy atom. The van der Waals surface area contributed by atoms with E-state index in [-0.39, 0.29) is 18.4 Å². The summed E-state index contributed by atoms with van der Waals surface area (Å²) in [5.41, 5.74) is 5.22. The van der Waals surface area contributed by atoms with Gasteiger partial charge < -0.3 is 10.6 Å². The SMILES string of the molecule is CCc1ccccc1NC(=O)CN(C)CCC(=O)Nc1c(C(C)C)cccc1C(C)C. The first kappa shape index (κ1) is 24.6. The molecule has 2 amide bonds. The van der Waals surface area contributed by atoms with Crippen LogP contribution in [0.1, 0.15) is 69.6 Å². The van der Waals surface area contributed by atoms with Crippen molar-refractivity contribution < 1.29 is 9.59 Å². The lowest BCUT2D eigenvalue weighted by Crippen LogP contribution is -2.32. The van der Waals surface area contributed by atoms with Gasteiger partial charge in [0.2, 0.25) is 11.8 Å². The Hall–Kier alpha value is -2.66. The van der Waals surface area contributed by atoms with E-state index in [0.29, 0.717) is 24.8 Å². The van der Waals surface area contributed by atoms with Gasteiger partial charge in [-0.05, 0) is 48.1 Å². The van der Waals surface area contributed by atoms with E-state index in [1.54, 1.807) is 0 Å². The van der Waals surface area contributed by atoms with E-state index < -0.39 is 0 Å². The summed E-state index contributed by atoms with van der Waals surface area (Å²) in [5.74, 6) is 0.548. The highest BCUT2D eigenvalue weighted by atomic mass is 16.2. The number of hydrogen-bond acceptors (Lipinski definition) is 3. The molecule has 0 spiro atoms. The molecule has 0 aliphatic carbocycles. The van der Waals surface area contributed by atoms with Crippen molar-refractivity contribution in [2.24, 2.45) is 0 Å². The molecule has 0 radical (unpaired) electrons. The molecule has 5 heteroatoms. The number of amides is 2. The molecule has 2 rings (SSSR count). The topological polar surface area (TPSA) is 61.4 Å². The van der Waals surface area contributed by atoms with E-state index in [1.165, 1.54) is 0 Å². The zero-order valence-corrected chi connectivity index (χ0v) is 19.8. The highest BCUT2D eigenvalue weighted by molar-refractivity contribution is 5.94. The number of anilines is 2. The van der Waals surface area contributed by atoms with Crippen LogP contribution >= 0.6 is 0 Å². The van der Waals surface area contributed by atoms with Crippen LogP contribution in [0.15, 0.2) is 42.5 Å². The predicted octanol–water partition coefficient (Wildman–Crippen LogP) is 5.39. The molecule has 2 N–H and O–H groups in total. The monoisotopic (exact) mass is 423 g/mol. The van der Waals surface area contributed by atoms with Crippen LogP contribution < -0.4 is 10.6 Å². The summed E-state index contributed by atoms with van der Waals surface area (Å²) in [7, 11) is 1.86. The lowest BCUT2D eigenvalue weighted by molar-refractivity contribution is -0.119. The zero-order valence-electron chi connectivity index (χ0n) is 19.8. The molecule has 0 atom stereocenters. The second kappa shape index (κ2) is 11.7. The molecule has 0 aromatic heterocycles. The predicted molar refractivity (Wildman–Crippen MR) is 130 cm³/mol. The summed E-state index contributed by atoms with van der Waals surface area (Å²) < 4.78 is 0. The second-order valence-electron chi connectivity index (χ2n) is 8.72. The zero-order chi connectivity index (χ0) is 23.0. The van der Waals surface area contributed by atoms with Gasteiger partial charge in [0.25, 0.3) is 0 Å². The Morgan fingerprint density at radius 2 is 1.48 bits per heavy atom. The molecular formula is C26H37N3O2. The number of nitrogens with zero attached hydrogens (tertiary/aromatic N) is 1. The molecule has 5 nitrogen and oxygen atoms in total. The summed E-state index contributed by atoms with van der Waals surface area (Å²) in [6.45, 7) is 11.4. The molecule has 168 valence electrons. The van der Waals surface area contributed by atoms with Gasteiger partial charge in [0.05, 0.1) is 6.54 Å². The van der Waals surface area contributed by atoms with Gasteiger partial charge in [0.15, 0.2) is 0 Å². The number of carbonyl (C=O) groups is 2. The van der Waals surface area contributed by atoms with Gasteiger partial charge in [-0.1, -0.05) is 71.0 Å². The fraction of sp³-hybridized carbons (Fsp3) is 0.462. The van der Waals surface area contributed by atoms with E-state index in [9.17, 15) is 9.59 Å². The normalized spacial score (nSPS) is 11.3. The lowest BCUT2D eigenvalue weighted by atomic mass is 9.92. The van der Waals surface area contributed by atoms with Gasteiger partial charge in [0, 0.05) is 24.3 Å². The molecule has 0 saturated carbocycles. The second-order valence-corrected chi connectivity index (χ2v) is 8.72. The maximum atomic E-state index is 12.7. The van der Waals surface area contributed by atoms with E-state index >= 15 is 0 Å². The molecule has 0 fully saturated rings. The van der Waals surface area contributed by atoms with Crippen molar-refractivity contribution in [1.82, 2.24) is 4.90 Å². The van der Waals surface area contributed by atoms with Gasteiger partial charge in [-0.15, -0.1) is 0 Å². The van der Waals surface area contributed by atoms with Crippen LogP contribution in [-0.2, 0) is 16.0 Å². The average molecular weight is 424 g/mol. The van der Waals surface area contributed by atoms with Crippen molar-refractivity contribution in [2.45, 2.75) is 59.3 Å². The first-order valence-electron chi connectivity index (χ1n) is 11.2. The van der Waals surface area contributed by atoms with Crippen molar-refractivity contribution in [1.29, 1.82) is 0 Å². The Morgan fingerprint density at radius 1 is 0.871 bits per heavy atom. The van der Waals surface area contributed by atoms with Crippen LogP contribution in [0.5, 0.6) is 0 Å². The Balaban J connectivity index is 1.92. The maximum Gasteiger partial charge on any atom is 0.238 e.